The van der Waals surface area contributed by atoms with E-state index >= 15 is 0 Å². The van der Waals surface area contributed by atoms with E-state index in [1.165, 1.54) is 24.0 Å². The summed E-state index contributed by atoms with van der Waals surface area (Å²) in [5.74, 6) is 0.739. The average Bonchev–Trinajstić information content (AvgIpc) is 2.25. The summed E-state index contributed by atoms with van der Waals surface area (Å²) in [6, 6.07) is 6.57. The van der Waals surface area contributed by atoms with Crippen LogP contribution in [0, 0.1) is 12.8 Å². The highest BCUT2D eigenvalue weighted by molar-refractivity contribution is 9.10. The Morgan fingerprint density at radius 2 is 1.88 bits per heavy atom. The summed E-state index contributed by atoms with van der Waals surface area (Å²) in [4.78, 5) is 0. The number of nitrogens with two attached hydrogens (primary N) is 1. The third kappa shape index (κ3) is 3.60. The van der Waals surface area contributed by atoms with Crippen LogP contribution in [0.1, 0.15) is 50.3 Å². The summed E-state index contributed by atoms with van der Waals surface area (Å²) in [6.07, 6.45) is 3.51. The predicted octanol–water partition coefficient (Wildman–Crippen LogP) is 4.58. The standard InChI is InChI=1S/C14H22BrN/c1-4-11(5-2)9-14(16)12-7-6-10(3)8-13(12)15/h6-8,11,14H,4-5,9,16H2,1-3H3. The Balaban J connectivity index is 2.76. The van der Waals surface area contributed by atoms with Crippen LogP contribution in [0.5, 0.6) is 0 Å². The van der Waals surface area contributed by atoms with Gasteiger partial charge < -0.3 is 5.73 Å². The lowest BCUT2D eigenvalue weighted by molar-refractivity contribution is 0.414. The molecule has 0 heterocycles. The maximum Gasteiger partial charge on any atom is 0.0308 e. The highest BCUT2D eigenvalue weighted by atomic mass is 79.9. The van der Waals surface area contributed by atoms with Gasteiger partial charge in [-0.15, -0.1) is 0 Å². The van der Waals surface area contributed by atoms with Crippen molar-refractivity contribution in [1.82, 2.24) is 0 Å². The lowest BCUT2D eigenvalue weighted by Crippen LogP contribution is -2.15. The molecule has 1 atom stereocenters. The van der Waals surface area contributed by atoms with Crippen LogP contribution >= 0.6 is 15.9 Å². The van der Waals surface area contributed by atoms with Crippen molar-refractivity contribution in [2.24, 2.45) is 11.7 Å². The van der Waals surface area contributed by atoms with E-state index in [1.807, 2.05) is 0 Å². The molecular weight excluding hydrogens is 262 g/mol. The fourth-order valence-electron chi connectivity index (χ4n) is 2.04. The Morgan fingerprint density at radius 1 is 1.25 bits per heavy atom. The summed E-state index contributed by atoms with van der Waals surface area (Å²) >= 11 is 3.60. The fraction of sp³-hybridized carbons (Fsp3) is 0.571. The molecule has 0 saturated carbocycles. The van der Waals surface area contributed by atoms with Gasteiger partial charge in [0.2, 0.25) is 0 Å². The zero-order valence-corrected chi connectivity index (χ0v) is 12.0. The van der Waals surface area contributed by atoms with Crippen LogP contribution in [-0.2, 0) is 0 Å². The molecule has 0 fully saturated rings. The summed E-state index contributed by atoms with van der Waals surface area (Å²) in [6.45, 7) is 6.58. The number of rotatable bonds is 5. The topological polar surface area (TPSA) is 26.0 Å². The van der Waals surface area contributed by atoms with E-state index in [9.17, 15) is 0 Å². The summed E-state index contributed by atoms with van der Waals surface area (Å²) in [5.41, 5.74) is 8.77. The molecule has 1 aromatic rings. The summed E-state index contributed by atoms with van der Waals surface area (Å²) in [7, 11) is 0. The van der Waals surface area contributed by atoms with Gasteiger partial charge in [-0.25, -0.2) is 0 Å². The van der Waals surface area contributed by atoms with Crippen molar-refractivity contribution < 1.29 is 0 Å². The Kier molecular flexibility index (Phi) is 5.50. The molecule has 1 aromatic carbocycles. The van der Waals surface area contributed by atoms with Crippen LogP contribution in [0.25, 0.3) is 0 Å². The van der Waals surface area contributed by atoms with Crippen molar-refractivity contribution in [3.8, 4) is 0 Å². The Labute approximate surface area is 108 Å². The quantitative estimate of drug-likeness (QED) is 0.841. The van der Waals surface area contributed by atoms with Gasteiger partial charge >= 0.3 is 0 Å². The summed E-state index contributed by atoms with van der Waals surface area (Å²) in [5, 5.41) is 0. The van der Waals surface area contributed by atoms with Crippen molar-refractivity contribution in [3.05, 3.63) is 33.8 Å². The molecule has 0 bridgehead atoms. The van der Waals surface area contributed by atoms with Gasteiger partial charge in [0.15, 0.2) is 0 Å². The van der Waals surface area contributed by atoms with Gasteiger partial charge in [-0.2, -0.15) is 0 Å². The minimum atomic E-state index is 0.153. The highest BCUT2D eigenvalue weighted by Gasteiger charge is 2.14. The van der Waals surface area contributed by atoms with Crippen LogP contribution < -0.4 is 5.73 Å². The molecule has 1 rings (SSSR count). The van der Waals surface area contributed by atoms with E-state index in [0.29, 0.717) is 0 Å². The molecule has 16 heavy (non-hydrogen) atoms. The number of hydrogen-bond acceptors (Lipinski definition) is 1. The van der Waals surface area contributed by atoms with E-state index in [1.54, 1.807) is 0 Å². The van der Waals surface area contributed by atoms with Gasteiger partial charge in [0, 0.05) is 10.5 Å². The number of halogens is 1. The first-order chi connectivity index (χ1) is 7.58. The van der Waals surface area contributed by atoms with Gasteiger partial charge in [0.1, 0.15) is 0 Å². The number of aryl methyl sites for hydroxylation is 1. The van der Waals surface area contributed by atoms with Crippen molar-refractivity contribution in [1.29, 1.82) is 0 Å². The first-order valence-electron chi connectivity index (χ1n) is 6.10. The largest absolute Gasteiger partial charge is 0.324 e. The smallest absolute Gasteiger partial charge is 0.0308 e. The molecule has 0 aliphatic carbocycles. The first kappa shape index (κ1) is 13.7. The molecule has 0 aromatic heterocycles. The fourth-order valence-corrected chi connectivity index (χ4v) is 2.83. The molecule has 1 unspecified atom stereocenters. The second-order valence-corrected chi connectivity index (χ2v) is 5.40. The Morgan fingerprint density at radius 3 is 2.38 bits per heavy atom. The molecule has 90 valence electrons. The van der Waals surface area contributed by atoms with Crippen LogP contribution in [0.15, 0.2) is 22.7 Å². The van der Waals surface area contributed by atoms with Crippen LogP contribution in [0.4, 0.5) is 0 Å². The zero-order valence-electron chi connectivity index (χ0n) is 10.5. The van der Waals surface area contributed by atoms with Crippen LogP contribution in [-0.4, -0.2) is 0 Å². The second-order valence-electron chi connectivity index (χ2n) is 4.55. The second kappa shape index (κ2) is 6.41. The van der Waals surface area contributed by atoms with Crippen LogP contribution in [0.2, 0.25) is 0 Å². The van der Waals surface area contributed by atoms with E-state index in [-0.39, 0.29) is 6.04 Å². The molecule has 2 heteroatoms. The van der Waals surface area contributed by atoms with E-state index in [0.717, 1.165) is 16.8 Å². The first-order valence-corrected chi connectivity index (χ1v) is 6.89. The summed E-state index contributed by atoms with van der Waals surface area (Å²) < 4.78 is 1.14. The minimum Gasteiger partial charge on any atom is -0.324 e. The van der Waals surface area contributed by atoms with E-state index < -0.39 is 0 Å². The van der Waals surface area contributed by atoms with Gasteiger partial charge in [-0.05, 0) is 36.5 Å². The van der Waals surface area contributed by atoms with Crippen LogP contribution in [0.3, 0.4) is 0 Å². The molecular formula is C14H22BrN. The van der Waals surface area contributed by atoms with Crippen molar-refractivity contribution in [3.63, 3.8) is 0 Å². The number of benzene rings is 1. The predicted molar refractivity (Wildman–Crippen MR) is 74.5 cm³/mol. The monoisotopic (exact) mass is 283 g/mol. The normalized spacial score (nSPS) is 13.1. The molecule has 0 saturated heterocycles. The molecule has 0 amide bonds. The highest BCUT2D eigenvalue weighted by Crippen LogP contribution is 2.29. The van der Waals surface area contributed by atoms with Gasteiger partial charge in [-0.3, -0.25) is 0 Å². The number of hydrogen-bond donors (Lipinski definition) is 1. The minimum absolute atomic E-state index is 0.153. The molecule has 0 aliphatic rings. The molecule has 2 N–H and O–H groups in total. The molecule has 0 spiro atoms. The maximum absolute atomic E-state index is 6.27. The lowest BCUT2D eigenvalue weighted by Gasteiger charge is -2.19. The van der Waals surface area contributed by atoms with E-state index in [4.69, 9.17) is 5.73 Å². The SMILES string of the molecule is CCC(CC)CC(N)c1ccc(C)cc1Br. The average molecular weight is 284 g/mol. The molecule has 0 radical (unpaired) electrons. The van der Waals surface area contributed by atoms with Gasteiger partial charge in [0.05, 0.1) is 0 Å². The zero-order chi connectivity index (χ0) is 12.1. The van der Waals surface area contributed by atoms with Crippen molar-refractivity contribution in [2.45, 2.75) is 46.1 Å². The lowest BCUT2D eigenvalue weighted by atomic mass is 9.91. The van der Waals surface area contributed by atoms with Crippen molar-refractivity contribution >= 4 is 15.9 Å². The molecule has 0 aliphatic heterocycles. The van der Waals surface area contributed by atoms with Crippen molar-refractivity contribution in [2.75, 3.05) is 0 Å². The van der Waals surface area contributed by atoms with Gasteiger partial charge in [0.25, 0.3) is 0 Å². The van der Waals surface area contributed by atoms with Gasteiger partial charge in [-0.1, -0.05) is 54.8 Å². The molecule has 1 nitrogen and oxygen atoms in total. The Hall–Kier alpha value is -0.340. The van der Waals surface area contributed by atoms with E-state index in [2.05, 4.69) is 54.9 Å². The Bertz CT molecular complexity index is 332. The third-order valence-corrected chi connectivity index (χ3v) is 3.98. The third-order valence-electron chi connectivity index (χ3n) is 3.30. The maximum atomic E-state index is 6.27.